The first kappa shape index (κ1) is 10.5. The van der Waals surface area contributed by atoms with E-state index < -0.39 is 0 Å². The molecule has 0 spiro atoms. The molecule has 0 atom stereocenters. The maximum atomic E-state index is 5.52. The molecule has 2 aromatic rings. The largest absolute Gasteiger partial charge is 0.453 e. The summed E-state index contributed by atoms with van der Waals surface area (Å²) in [4.78, 5) is 0. The molecule has 88 valence electrons. The van der Waals surface area contributed by atoms with Gasteiger partial charge in [0, 0.05) is 17.2 Å². The van der Waals surface area contributed by atoms with Crippen LogP contribution in [-0.2, 0) is 0 Å². The third-order valence-electron chi connectivity index (χ3n) is 2.65. The SMILES string of the molecule is Cc1c(-c2cc(N)on2)cc(Br)c2c1OCO2. The number of fused-ring (bicyclic) bond motifs is 1. The zero-order valence-electron chi connectivity index (χ0n) is 8.99. The molecule has 1 aromatic carbocycles. The Bertz CT molecular complexity index is 595. The summed E-state index contributed by atoms with van der Waals surface area (Å²) >= 11 is 3.44. The Kier molecular flexibility index (Phi) is 2.25. The van der Waals surface area contributed by atoms with E-state index in [-0.39, 0.29) is 12.7 Å². The standard InChI is InChI=1S/C11H9BrN2O3/c1-5-6(8-3-9(13)17-14-8)2-7(12)11-10(5)15-4-16-11/h2-3H,4,13H2,1H3. The molecular formula is C11H9BrN2O3. The number of nitrogens with two attached hydrogens (primary N) is 1. The van der Waals surface area contributed by atoms with E-state index in [0.717, 1.165) is 27.1 Å². The van der Waals surface area contributed by atoms with Gasteiger partial charge in [0.05, 0.1) is 4.47 Å². The van der Waals surface area contributed by atoms with Crippen molar-refractivity contribution < 1.29 is 14.0 Å². The van der Waals surface area contributed by atoms with Gasteiger partial charge in [-0.2, -0.15) is 0 Å². The summed E-state index contributed by atoms with van der Waals surface area (Å²) in [6.45, 7) is 2.18. The van der Waals surface area contributed by atoms with Gasteiger partial charge in [-0.15, -0.1) is 0 Å². The number of anilines is 1. The van der Waals surface area contributed by atoms with Crippen molar-refractivity contribution in [2.75, 3.05) is 12.5 Å². The van der Waals surface area contributed by atoms with Gasteiger partial charge in [0.1, 0.15) is 5.69 Å². The summed E-state index contributed by atoms with van der Waals surface area (Å²) < 4.78 is 16.5. The molecule has 0 saturated heterocycles. The minimum atomic E-state index is 0.235. The van der Waals surface area contributed by atoms with Crippen LogP contribution in [0, 0.1) is 6.92 Å². The monoisotopic (exact) mass is 296 g/mol. The van der Waals surface area contributed by atoms with E-state index in [1.807, 2.05) is 13.0 Å². The van der Waals surface area contributed by atoms with E-state index in [0.29, 0.717) is 5.69 Å². The number of aromatic nitrogens is 1. The molecule has 0 saturated carbocycles. The van der Waals surface area contributed by atoms with Crippen molar-refractivity contribution in [3.8, 4) is 22.8 Å². The summed E-state index contributed by atoms with van der Waals surface area (Å²) in [5.41, 5.74) is 8.06. The van der Waals surface area contributed by atoms with E-state index in [1.165, 1.54) is 0 Å². The molecule has 0 unspecified atom stereocenters. The minimum absolute atomic E-state index is 0.235. The van der Waals surface area contributed by atoms with Crippen LogP contribution in [0.2, 0.25) is 0 Å². The summed E-state index contributed by atoms with van der Waals surface area (Å²) in [7, 11) is 0. The van der Waals surface area contributed by atoms with Crippen LogP contribution >= 0.6 is 15.9 Å². The fourth-order valence-electron chi connectivity index (χ4n) is 1.84. The van der Waals surface area contributed by atoms with Gasteiger partial charge >= 0.3 is 0 Å². The van der Waals surface area contributed by atoms with Gasteiger partial charge < -0.3 is 19.7 Å². The predicted molar refractivity (Wildman–Crippen MR) is 64.9 cm³/mol. The molecule has 1 aliphatic heterocycles. The lowest BCUT2D eigenvalue weighted by Gasteiger charge is -2.07. The quantitative estimate of drug-likeness (QED) is 0.876. The highest BCUT2D eigenvalue weighted by atomic mass is 79.9. The number of nitrogen functional groups attached to an aromatic ring is 1. The lowest BCUT2D eigenvalue weighted by atomic mass is 10.0. The molecule has 1 aliphatic rings. The first-order valence-electron chi connectivity index (χ1n) is 4.98. The van der Waals surface area contributed by atoms with Crippen molar-refractivity contribution in [3.05, 3.63) is 22.2 Å². The first-order valence-corrected chi connectivity index (χ1v) is 5.77. The van der Waals surface area contributed by atoms with Crippen molar-refractivity contribution in [1.82, 2.24) is 5.16 Å². The number of hydrogen-bond donors (Lipinski definition) is 1. The molecule has 0 radical (unpaired) electrons. The van der Waals surface area contributed by atoms with Gasteiger partial charge in [-0.05, 0) is 28.9 Å². The molecular weight excluding hydrogens is 288 g/mol. The summed E-state index contributed by atoms with van der Waals surface area (Å²) in [6, 6.07) is 3.59. The molecule has 5 nitrogen and oxygen atoms in total. The number of hydrogen-bond acceptors (Lipinski definition) is 5. The van der Waals surface area contributed by atoms with Crippen LogP contribution in [0.15, 0.2) is 21.1 Å². The Labute approximate surface area is 106 Å². The van der Waals surface area contributed by atoms with E-state index in [9.17, 15) is 0 Å². The second-order valence-electron chi connectivity index (χ2n) is 3.71. The molecule has 2 heterocycles. The normalized spacial score (nSPS) is 13.1. The number of halogens is 1. The Balaban J connectivity index is 2.22. The number of rotatable bonds is 1. The van der Waals surface area contributed by atoms with Gasteiger partial charge in [0.15, 0.2) is 11.5 Å². The molecule has 0 fully saturated rings. The Morgan fingerprint density at radius 1 is 1.29 bits per heavy atom. The second-order valence-corrected chi connectivity index (χ2v) is 4.56. The highest BCUT2D eigenvalue weighted by molar-refractivity contribution is 9.10. The van der Waals surface area contributed by atoms with Gasteiger partial charge in [0.25, 0.3) is 0 Å². The zero-order valence-corrected chi connectivity index (χ0v) is 10.6. The molecule has 0 bridgehead atoms. The summed E-state index contributed by atoms with van der Waals surface area (Å²) in [5, 5.41) is 3.90. The van der Waals surface area contributed by atoms with Crippen LogP contribution in [0.5, 0.6) is 11.5 Å². The zero-order chi connectivity index (χ0) is 12.0. The fraction of sp³-hybridized carbons (Fsp3) is 0.182. The number of ether oxygens (including phenoxy) is 2. The van der Waals surface area contributed by atoms with Crippen molar-refractivity contribution in [2.45, 2.75) is 6.92 Å². The summed E-state index contributed by atoms with van der Waals surface area (Å²) in [6.07, 6.45) is 0. The van der Waals surface area contributed by atoms with Crippen LogP contribution in [-0.4, -0.2) is 11.9 Å². The van der Waals surface area contributed by atoms with Gasteiger partial charge in [0.2, 0.25) is 12.7 Å². The molecule has 3 rings (SSSR count). The predicted octanol–water partition coefficient (Wildman–Crippen LogP) is 2.72. The molecule has 1 aromatic heterocycles. The fourth-order valence-corrected chi connectivity index (χ4v) is 2.36. The Morgan fingerprint density at radius 2 is 2.06 bits per heavy atom. The molecule has 2 N–H and O–H groups in total. The lowest BCUT2D eigenvalue weighted by molar-refractivity contribution is 0.173. The van der Waals surface area contributed by atoms with Gasteiger partial charge in [-0.1, -0.05) is 5.16 Å². The van der Waals surface area contributed by atoms with E-state index >= 15 is 0 Å². The average molecular weight is 297 g/mol. The maximum absolute atomic E-state index is 5.52. The first-order chi connectivity index (χ1) is 8.16. The number of nitrogens with zero attached hydrogens (tertiary/aromatic N) is 1. The van der Waals surface area contributed by atoms with Gasteiger partial charge in [-0.3, -0.25) is 0 Å². The molecule has 6 heteroatoms. The topological polar surface area (TPSA) is 70.5 Å². The smallest absolute Gasteiger partial charge is 0.231 e. The maximum Gasteiger partial charge on any atom is 0.231 e. The van der Waals surface area contributed by atoms with Crippen molar-refractivity contribution in [3.63, 3.8) is 0 Å². The highest BCUT2D eigenvalue weighted by Gasteiger charge is 2.23. The van der Waals surface area contributed by atoms with Crippen LogP contribution in [0.4, 0.5) is 5.88 Å². The number of benzene rings is 1. The van der Waals surface area contributed by atoms with Crippen molar-refractivity contribution >= 4 is 21.8 Å². The van der Waals surface area contributed by atoms with Crippen molar-refractivity contribution in [2.24, 2.45) is 0 Å². The van der Waals surface area contributed by atoms with E-state index in [4.69, 9.17) is 19.7 Å². The molecule has 0 amide bonds. The third-order valence-corrected chi connectivity index (χ3v) is 3.24. The van der Waals surface area contributed by atoms with Crippen LogP contribution in [0.25, 0.3) is 11.3 Å². The van der Waals surface area contributed by atoms with Crippen LogP contribution in [0.1, 0.15) is 5.56 Å². The Morgan fingerprint density at radius 3 is 2.76 bits per heavy atom. The minimum Gasteiger partial charge on any atom is -0.453 e. The van der Waals surface area contributed by atoms with Gasteiger partial charge in [-0.25, -0.2) is 0 Å². The Hall–Kier alpha value is -1.69. The molecule has 0 aliphatic carbocycles. The van der Waals surface area contributed by atoms with Crippen LogP contribution < -0.4 is 15.2 Å². The summed E-state index contributed by atoms with van der Waals surface area (Å²) in [5.74, 6) is 1.74. The lowest BCUT2D eigenvalue weighted by Crippen LogP contribution is -1.93. The van der Waals surface area contributed by atoms with E-state index in [2.05, 4.69) is 21.1 Å². The van der Waals surface area contributed by atoms with E-state index in [1.54, 1.807) is 6.07 Å². The average Bonchev–Trinajstić information content (AvgIpc) is 2.91. The van der Waals surface area contributed by atoms with Crippen LogP contribution in [0.3, 0.4) is 0 Å². The second kappa shape index (κ2) is 3.66. The molecule has 17 heavy (non-hydrogen) atoms. The van der Waals surface area contributed by atoms with Crippen molar-refractivity contribution in [1.29, 1.82) is 0 Å². The third kappa shape index (κ3) is 1.56. The highest BCUT2D eigenvalue weighted by Crippen LogP contribution is 2.45.